The Labute approximate surface area is 174 Å². The number of para-hydroxylation sites is 3. The Bertz CT molecular complexity index is 934. The fourth-order valence-corrected chi connectivity index (χ4v) is 4.53. The standard InChI is InChI=1S/C22H25N3O3S/c1-27-18-7-3-4-8-19(18)28-15-21(26)23-14-16-10-12-25(13-11-16)22-24-17-6-2-5-9-20(17)29-22/h2-9,16H,10-15H2,1H3,(H,23,26). The van der Waals surface area contributed by atoms with Crippen LogP contribution in [0, 0.1) is 5.92 Å². The van der Waals surface area contributed by atoms with Gasteiger partial charge in [0, 0.05) is 19.6 Å². The minimum Gasteiger partial charge on any atom is -0.493 e. The fourth-order valence-electron chi connectivity index (χ4n) is 3.51. The van der Waals surface area contributed by atoms with Crippen molar-refractivity contribution in [3.8, 4) is 11.5 Å². The number of fused-ring (bicyclic) bond motifs is 1. The maximum absolute atomic E-state index is 12.1. The molecule has 0 radical (unpaired) electrons. The van der Waals surface area contributed by atoms with Crippen molar-refractivity contribution in [3.63, 3.8) is 0 Å². The van der Waals surface area contributed by atoms with E-state index >= 15 is 0 Å². The summed E-state index contributed by atoms with van der Waals surface area (Å²) in [5.74, 6) is 1.58. The van der Waals surface area contributed by atoms with E-state index in [4.69, 9.17) is 14.5 Å². The quantitative estimate of drug-likeness (QED) is 0.642. The zero-order chi connectivity index (χ0) is 20.1. The number of nitrogens with one attached hydrogen (secondary N) is 1. The van der Waals surface area contributed by atoms with Crippen LogP contribution in [0.3, 0.4) is 0 Å². The van der Waals surface area contributed by atoms with Gasteiger partial charge in [0.15, 0.2) is 23.2 Å². The summed E-state index contributed by atoms with van der Waals surface area (Å²) in [5, 5.41) is 4.10. The molecule has 2 aromatic carbocycles. The van der Waals surface area contributed by atoms with Crippen molar-refractivity contribution < 1.29 is 14.3 Å². The van der Waals surface area contributed by atoms with Crippen LogP contribution in [0.15, 0.2) is 48.5 Å². The molecule has 1 aliphatic heterocycles. The minimum atomic E-state index is -0.107. The Hall–Kier alpha value is -2.80. The molecular weight excluding hydrogens is 386 g/mol. The van der Waals surface area contributed by atoms with E-state index in [1.807, 2.05) is 24.3 Å². The number of hydrogen-bond acceptors (Lipinski definition) is 6. The van der Waals surface area contributed by atoms with Crippen molar-refractivity contribution in [2.45, 2.75) is 12.8 Å². The summed E-state index contributed by atoms with van der Waals surface area (Å²) < 4.78 is 12.0. The van der Waals surface area contributed by atoms with Crippen LogP contribution in [0.4, 0.5) is 5.13 Å². The van der Waals surface area contributed by atoms with Crippen LogP contribution in [0.1, 0.15) is 12.8 Å². The minimum absolute atomic E-state index is 0.00901. The summed E-state index contributed by atoms with van der Waals surface area (Å²) in [7, 11) is 1.59. The molecular formula is C22H25N3O3S. The van der Waals surface area contributed by atoms with Gasteiger partial charge in [0.05, 0.1) is 17.3 Å². The number of carbonyl (C=O) groups is 1. The fraction of sp³-hybridized carbons (Fsp3) is 0.364. The highest BCUT2D eigenvalue weighted by molar-refractivity contribution is 7.22. The topological polar surface area (TPSA) is 63.7 Å². The SMILES string of the molecule is COc1ccccc1OCC(=O)NCC1CCN(c2nc3ccccc3s2)CC1. The van der Waals surface area contributed by atoms with E-state index in [1.165, 1.54) is 4.70 Å². The predicted molar refractivity (Wildman–Crippen MR) is 116 cm³/mol. The summed E-state index contributed by atoms with van der Waals surface area (Å²) in [6.45, 7) is 2.61. The van der Waals surface area contributed by atoms with Crippen molar-refractivity contribution in [2.75, 3.05) is 38.3 Å². The zero-order valence-electron chi connectivity index (χ0n) is 16.5. The number of aromatic nitrogens is 1. The van der Waals surface area contributed by atoms with E-state index in [2.05, 4.69) is 28.4 Å². The lowest BCUT2D eigenvalue weighted by Gasteiger charge is -2.31. The number of amides is 1. The first-order chi connectivity index (χ1) is 14.2. The molecule has 0 atom stereocenters. The molecule has 7 heteroatoms. The zero-order valence-corrected chi connectivity index (χ0v) is 17.3. The van der Waals surface area contributed by atoms with Gasteiger partial charge in [0.2, 0.25) is 0 Å². The molecule has 1 saturated heterocycles. The van der Waals surface area contributed by atoms with E-state index in [1.54, 1.807) is 24.5 Å². The van der Waals surface area contributed by atoms with Crippen LogP contribution < -0.4 is 19.7 Å². The highest BCUT2D eigenvalue weighted by atomic mass is 32.1. The number of thiazole rings is 1. The molecule has 1 amide bonds. The van der Waals surface area contributed by atoms with E-state index in [0.29, 0.717) is 24.0 Å². The van der Waals surface area contributed by atoms with Crippen LogP contribution in [0.5, 0.6) is 11.5 Å². The second-order valence-electron chi connectivity index (χ2n) is 7.14. The molecule has 1 fully saturated rings. The third-order valence-electron chi connectivity index (χ3n) is 5.18. The molecule has 0 unspecified atom stereocenters. The maximum Gasteiger partial charge on any atom is 0.257 e. The first-order valence-electron chi connectivity index (χ1n) is 9.86. The van der Waals surface area contributed by atoms with Gasteiger partial charge in [-0.3, -0.25) is 4.79 Å². The van der Waals surface area contributed by atoms with Crippen LogP contribution in [0.2, 0.25) is 0 Å². The number of benzene rings is 2. The Morgan fingerprint density at radius 2 is 1.86 bits per heavy atom. The lowest BCUT2D eigenvalue weighted by Crippen LogP contribution is -2.39. The maximum atomic E-state index is 12.1. The summed E-state index contributed by atoms with van der Waals surface area (Å²) in [4.78, 5) is 19.3. The van der Waals surface area contributed by atoms with Crippen molar-refractivity contribution in [1.82, 2.24) is 10.3 Å². The van der Waals surface area contributed by atoms with Gasteiger partial charge >= 0.3 is 0 Å². The molecule has 0 bridgehead atoms. The molecule has 1 N–H and O–H groups in total. The third kappa shape index (κ3) is 4.79. The molecule has 0 aliphatic carbocycles. The van der Waals surface area contributed by atoms with Gasteiger partial charge in [-0.1, -0.05) is 35.6 Å². The number of ether oxygens (including phenoxy) is 2. The molecule has 2 heterocycles. The van der Waals surface area contributed by atoms with Crippen molar-refractivity contribution in [1.29, 1.82) is 0 Å². The second kappa shape index (κ2) is 9.13. The second-order valence-corrected chi connectivity index (χ2v) is 8.15. The molecule has 1 aromatic heterocycles. The Balaban J connectivity index is 1.21. The number of hydrogen-bond donors (Lipinski definition) is 1. The summed E-state index contributed by atoms with van der Waals surface area (Å²) in [6, 6.07) is 15.6. The smallest absolute Gasteiger partial charge is 0.257 e. The molecule has 0 saturated carbocycles. The highest BCUT2D eigenvalue weighted by Crippen LogP contribution is 2.31. The molecule has 3 aromatic rings. The number of piperidine rings is 1. The van der Waals surface area contributed by atoms with E-state index in [9.17, 15) is 4.79 Å². The van der Waals surface area contributed by atoms with E-state index in [0.717, 1.165) is 36.6 Å². The van der Waals surface area contributed by atoms with Crippen LogP contribution in [-0.2, 0) is 4.79 Å². The summed E-state index contributed by atoms with van der Waals surface area (Å²) >= 11 is 1.75. The normalized spacial score (nSPS) is 14.7. The van der Waals surface area contributed by atoms with Gasteiger partial charge in [0.1, 0.15) is 0 Å². The molecule has 29 heavy (non-hydrogen) atoms. The third-order valence-corrected chi connectivity index (χ3v) is 6.28. The summed E-state index contributed by atoms with van der Waals surface area (Å²) in [5.41, 5.74) is 1.07. The van der Waals surface area contributed by atoms with Crippen molar-refractivity contribution in [3.05, 3.63) is 48.5 Å². The van der Waals surface area contributed by atoms with Gasteiger partial charge in [-0.25, -0.2) is 4.98 Å². The first kappa shape index (κ1) is 19.5. The molecule has 152 valence electrons. The lowest BCUT2D eigenvalue weighted by atomic mass is 9.97. The molecule has 1 aliphatic rings. The number of rotatable bonds is 7. The van der Waals surface area contributed by atoms with Gasteiger partial charge in [0.25, 0.3) is 5.91 Å². The average molecular weight is 412 g/mol. The predicted octanol–water partition coefficient (Wildman–Crippen LogP) is 3.72. The van der Waals surface area contributed by atoms with Crippen LogP contribution in [0.25, 0.3) is 10.2 Å². The molecule has 4 rings (SSSR count). The first-order valence-corrected chi connectivity index (χ1v) is 10.7. The largest absolute Gasteiger partial charge is 0.493 e. The van der Waals surface area contributed by atoms with Crippen molar-refractivity contribution >= 4 is 32.6 Å². The van der Waals surface area contributed by atoms with Crippen molar-refractivity contribution in [2.24, 2.45) is 5.92 Å². The van der Waals surface area contributed by atoms with Gasteiger partial charge in [-0.15, -0.1) is 0 Å². The van der Waals surface area contributed by atoms with Gasteiger partial charge < -0.3 is 19.7 Å². The Kier molecular flexibility index (Phi) is 6.14. The van der Waals surface area contributed by atoms with Gasteiger partial charge in [-0.2, -0.15) is 0 Å². The van der Waals surface area contributed by atoms with Gasteiger partial charge in [-0.05, 0) is 43.0 Å². The van der Waals surface area contributed by atoms with Crippen LogP contribution >= 0.6 is 11.3 Å². The lowest BCUT2D eigenvalue weighted by molar-refractivity contribution is -0.123. The van der Waals surface area contributed by atoms with E-state index in [-0.39, 0.29) is 12.5 Å². The number of anilines is 1. The van der Waals surface area contributed by atoms with Crippen LogP contribution in [-0.4, -0.2) is 44.2 Å². The number of carbonyl (C=O) groups excluding carboxylic acids is 1. The monoisotopic (exact) mass is 411 g/mol. The highest BCUT2D eigenvalue weighted by Gasteiger charge is 2.22. The number of methoxy groups -OCH3 is 1. The molecule has 6 nitrogen and oxygen atoms in total. The summed E-state index contributed by atoms with van der Waals surface area (Å²) in [6.07, 6.45) is 2.09. The molecule has 0 spiro atoms. The Morgan fingerprint density at radius 3 is 2.62 bits per heavy atom. The average Bonchev–Trinajstić information content (AvgIpc) is 3.21. The number of nitrogens with zero attached hydrogens (tertiary/aromatic N) is 2. The Morgan fingerprint density at radius 1 is 1.14 bits per heavy atom. The van der Waals surface area contributed by atoms with E-state index < -0.39 is 0 Å².